The predicted octanol–water partition coefficient (Wildman–Crippen LogP) is 5.44. The van der Waals surface area contributed by atoms with Gasteiger partial charge >= 0.3 is 0 Å². The van der Waals surface area contributed by atoms with E-state index in [0.717, 1.165) is 15.4 Å². The number of nitrogens with one attached hydrogen (secondary N) is 1. The van der Waals surface area contributed by atoms with Crippen LogP contribution >= 0.6 is 23.2 Å². The molecule has 0 saturated carbocycles. The molecule has 0 fully saturated rings. The third-order valence-electron chi connectivity index (χ3n) is 4.48. The van der Waals surface area contributed by atoms with Crippen molar-refractivity contribution in [2.24, 2.45) is 0 Å². The molecule has 8 heteroatoms. The summed E-state index contributed by atoms with van der Waals surface area (Å²) in [7, 11) is -4.03. The fraction of sp³-hybridized carbons (Fsp3) is 0.136. The lowest BCUT2D eigenvalue weighted by Gasteiger charge is -2.25. The van der Waals surface area contributed by atoms with Crippen LogP contribution in [0, 0.1) is 13.8 Å². The van der Waals surface area contributed by atoms with Gasteiger partial charge in [-0.25, -0.2) is 8.42 Å². The largest absolute Gasteiger partial charge is 0.324 e. The molecule has 30 heavy (non-hydrogen) atoms. The van der Waals surface area contributed by atoms with Gasteiger partial charge in [-0.15, -0.1) is 0 Å². The fourth-order valence-corrected chi connectivity index (χ4v) is 4.83. The number of hydrogen-bond acceptors (Lipinski definition) is 3. The Morgan fingerprint density at radius 3 is 2.27 bits per heavy atom. The van der Waals surface area contributed by atoms with Gasteiger partial charge in [-0.05, 0) is 61.9 Å². The van der Waals surface area contributed by atoms with Gasteiger partial charge in [0.15, 0.2) is 0 Å². The number of hydrogen-bond donors (Lipinski definition) is 1. The molecule has 0 bridgehead atoms. The number of sulfonamides is 1. The smallest absolute Gasteiger partial charge is 0.264 e. The first-order valence-electron chi connectivity index (χ1n) is 9.08. The van der Waals surface area contributed by atoms with Gasteiger partial charge in [-0.3, -0.25) is 9.10 Å². The van der Waals surface area contributed by atoms with E-state index in [1.807, 2.05) is 6.92 Å². The van der Waals surface area contributed by atoms with Crippen LogP contribution in [0.25, 0.3) is 0 Å². The highest BCUT2D eigenvalue weighted by atomic mass is 35.5. The summed E-state index contributed by atoms with van der Waals surface area (Å²) in [6.45, 7) is 3.22. The van der Waals surface area contributed by atoms with Crippen molar-refractivity contribution >= 4 is 50.5 Å². The number of amides is 1. The Balaban J connectivity index is 1.97. The van der Waals surface area contributed by atoms with Crippen molar-refractivity contribution in [1.82, 2.24) is 0 Å². The summed E-state index contributed by atoms with van der Waals surface area (Å²) in [5.74, 6) is -0.504. The van der Waals surface area contributed by atoms with Crippen LogP contribution in [0.4, 0.5) is 11.4 Å². The maximum Gasteiger partial charge on any atom is 0.264 e. The van der Waals surface area contributed by atoms with Crippen molar-refractivity contribution in [2.75, 3.05) is 16.2 Å². The Labute approximate surface area is 186 Å². The van der Waals surface area contributed by atoms with Gasteiger partial charge in [0.1, 0.15) is 6.54 Å². The topological polar surface area (TPSA) is 66.5 Å². The number of nitrogens with zero attached hydrogens (tertiary/aromatic N) is 1. The summed E-state index contributed by atoms with van der Waals surface area (Å²) in [5.41, 5.74) is 2.47. The summed E-state index contributed by atoms with van der Waals surface area (Å²) < 4.78 is 27.7. The second-order valence-corrected chi connectivity index (χ2v) is 9.49. The van der Waals surface area contributed by atoms with Gasteiger partial charge in [-0.2, -0.15) is 0 Å². The van der Waals surface area contributed by atoms with E-state index < -0.39 is 22.5 Å². The molecule has 156 valence electrons. The molecule has 0 spiro atoms. The van der Waals surface area contributed by atoms with Crippen LogP contribution in [0.3, 0.4) is 0 Å². The highest BCUT2D eigenvalue weighted by Crippen LogP contribution is 2.30. The zero-order chi connectivity index (χ0) is 21.9. The molecule has 0 saturated heterocycles. The molecule has 0 heterocycles. The van der Waals surface area contributed by atoms with Crippen molar-refractivity contribution in [1.29, 1.82) is 0 Å². The van der Waals surface area contributed by atoms with Gasteiger partial charge in [-0.1, -0.05) is 53.0 Å². The van der Waals surface area contributed by atoms with E-state index in [2.05, 4.69) is 5.32 Å². The standard InChI is InChI=1S/C22H20Cl2N2O3S/c1-15-7-10-18(11-8-15)30(28,29)26(21-6-4-3-5-19(21)24)14-22(27)25-20-12-9-17(23)13-16(20)2/h3-13H,14H2,1-2H3,(H,25,27). The molecule has 0 aliphatic rings. The first-order valence-corrected chi connectivity index (χ1v) is 11.3. The van der Waals surface area contributed by atoms with Crippen LogP contribution in [-0.2, 0) is 14.8 Å². The molecule has 3 aromatic rings. The van der Waals surface area contributed by atoms with Crippen molar-refractivity contribution in [2.45, 2.75) is 18.7 Å². The number of carbonyl (C=O) groups is 1. The summed E-state index contributed by atoms with van der Waals surface area (Å²) in [4.78, 5) is 12.9. The quantitative estimate of drug-likeness (QED) is 0.529. The molecule has 0 aliphatic heterocycles. The Bertz CT molecular complexity index is 1180. The van der Waals surface area contributed by atoms with Crippen LogP contribution < -0.4 is 9.62 Å². The molecule has 5 nitrogen and oxygen atoms in total. The molecule has 0 unspecified atom stereocenters. The van der Waals surface area contributed by atoms with E-state index in [4.69, 9.17) is 23.2 Å². The van der Waals surface area contributed by atoms with E-state index in [0.29, 0.717) is 10.7 Å². The minimum absolute atomic E-state index is 0.0727. The molecule has 3 aromatic carbocycles. The zero-order valence-electron chi connectivity index (χ0n) is 16.4. The van der Waals surface area contributed by atoms with Gasteiger partial charge in [0.25, 0.3) is 10.0 Å². The molecule has 3 rings (SSSR count). The monoisotopic (exact) mass is 462 g/mol. The predicted molar refractivity (Wildman–Crippen MR) is 122 cm³/mol. The van der Waals surface area contributed by atoms with Gasteiger partial charge in [0, 0.05) is 10.7 Å². The first kappa shape index (κ1) is 22.2. The van der Waals surface area contributed by atoms with Gasteiger partial charge in [0.05, 0.1) is 15.6 Å². The highest BCUT2D eigenvalue weighted by Gasteiger charge is 2.28. The Morgan fingerprint density at radius 2 is 1.63 bits per heavy atom. The number of aryl methyl sites for hydroxylation is 2. The molecular formula is C22H20Cl2N2O3S. The molecule has 0 aliphatic carbocycles. The minimum atomic E-state index is -4.03. The van der Waals surface area contributed by atoms with Crippen LogP contribution in [0.2, 0.25) is 10.0 Å². The number of halogens is 2. The van der Waals surface area contributed by atoms with Gasteiger partial charge in [0.2, 0.25) is 5.91 Å². The summed E-state index contributed by atoms with van der Waals surface area (Å²) in [5, 5.41) is 3.52. The van der Waals surface area contributed by atoms with E-state index in [9.17, 15) is 13.2 Å². The highest BCUT2D eigenvalue weighted by molar-refractivity contribution is 7.92. The van der Waals surface area contributed by atoms with Crippen molar-refractivity contribution in [3.05, 3.63) is 87.9 Å². The Kier molecular flexibility index (Phi) is 6.71. The molecule has 0 aromatic heterocycles. The molecule has 0 atom stereocenters. The first-order chi connectivity index (χ1) is 14.2. The van der Waals surface area contributed by atoms with E-state index in [1.165, 1.54) is 12.1 Å². The fourth-order valence-electron chi connectivity index (χ4n) is 2.88. The van der Waals surface area contributed by atoms with Crippen molar-refractivity contribution in [3.8, 4) is 0 Å². The number of carbonyl (C=O) groups excluding carboxylic acids is 1. The van der Waals surface area contributed by atoms with E-state index in [1.54, 1.807) is 61.5 Å². The molecule has 0 radical (unpaired) electrons. The average Bonchev–Trinajstić information content (AvgIpc) is 2.69. The van der Waals surface area contributed by atoms with Gasteiger partial charge < -0.3 is 5.32 Å². The van der Waals surface area contributed by atoms with Crippen LogP contribution in [0.5, 0.6) is 0 Å². The lowest BCUT2D eigenvalue weighted by Crippen LogP contribution is -2.38. The summed E-state index contributed by atoms with van der Waals surface area (Å²) in [6.07, 6.45) is 0. The lowest BCUT2D eigenvalue weighted by atomic mass is 10.2. The normalized spacial score (nSPS) is 11.2. The van der Waals surface area contributed by atoms with Crippen LogP contribution in [-0.4, -0.2) is 20.9 Å². The van der Waals surface area contributed by atoms with Crippen molar-refractivity contribution < 1.29 is 13.2 Å². The SMILES string of the molecule is Cc1ccc(S(=O)(=O)N(CC(=O)Nc2ccc(Cl)cc2C)c2ccccc2Cl)cc1. The van der Waals surface area contributed by atoms with Crippen LogP contribution in [0.1, 0.15) is 11.1 Å². The molecule has 1 amide bonds. The van der Waals surface area contributed by atoms with E-state index >= 15 is 0 Å². The number of benzene rings is 3. The summed E-state index contributed by atoms with van der Waals surface area (Å²) in [6, 6.07) is 18.0. The maximum atomic E-state index is 13.4. The average molecular weight is 463 g/mol. The third kappa shape index (κ3) is 4.95. The maximum absolute atomic E-state index is 13.4. The lowest BCUT2D eigenvalue weighted by molar-refractivity contribution is -0.114. The summed E-state index contributed by atoms with van der Waals surface area (Å²) >= 11 is 12.2. The number of rotatable bonds is 6. The van der Waals surface area contributed by atoms with Crippen LogP contribution in [0.15, 0.2) is 71.6 Å². The Hall–Kier alpha value is -2.54. The number of para-hydroxylation sites is 1. The second kappa shape index (κ2) is 9.08. The number of anilines is 2. The molecular weight excluding hydrogens is 443 g/mol. The zero-order valence-corrected chi connectivity index (χ0v) is 18.7. The second-order valence-electron chi connectivity index (χ2n) is 6.78. The molecule has 1 N–H and O–H groups in total. The Morgan fingerprint density at radius 1 is 0.967 bits per heavy atom. The van der Waals surface area contributed by atoms with Crippen molar-refractivity contribution in [3.63, 3.8) is 0 Å². The minimum Gasteiger partial charge on any atom is -0.324 e. The third-order valence-corrected chi connectivity index (χ3v) is 6.81. The van der Waals surface area contributed by atoms with E-state index in [-0.39, 0.29) is 15.6 Å².